The molecule has 0 aromatic rings. The molecule has 0 aromatic carbocycles. The van der Waals surface area contributed by atoms with E-state index in [0.717, 1.165) is 12.8 Å². The molecule has 0 unspecified atom stereocenters. The van der Waals surface area contributed by atoms with Crippen LogP contribution in [0.4, 0.5) is 0 Å². The van der Waals surface area contributed by atoms with Crippen molar-refractivity contribution in [1.29, 1.82) is 0 Å². The zero-order chi connectivity index (χ0) is 11.4. The molecule has 0 saturated heterocycles. The van der Waals surface area contributed by atoms with Crippen LogP contribution in [0.15, 0.2) is 0 Å². The molecule has 0 bridgehead atoms. The Labute approximate surface area is 103 Å². The molecule has 0 atom stereocenters. The first-order chi connectivity index (χ1) is 7.31. The van der Waals surface area contributed by atoms with Crippen LogP contribution in [0.1, 0.15) is 45.4 Å². The summed E-state index contributed by atoms with van der Waals surface area (Å²) in [7, 11) is 0. The summed E-state index contributed by atoms with van der Waals surface area (Å²) in [5.41, 5.74) is 0. The minimum atomic E-state index is -2.18. The molecule has 0 aliphatic heterocycles. The molecule has 0 saturated carbocycles. The zero-order valence-corrected chi connectivity index (χ0v) is 12.7. The van der Waals surface area contributed by atoms with Crippen molar-refractivity contribution in [2.45, 2.75) is 45.4 Å². The van der Waals surface area contributed by atoms with Gasteiger partial charge in [-0.25, -0.2) is 0 Å². The second-order valence-corrected chi connectivity index (χ2v) is 4.65. The normalized spacial score (nSPS) is 9.93. The van der Waals surface area contributed by atoms with Crippen LogP contribution in [0.3, 0.4) is 0 Å². The van der Waals surface area contributed by atoms with E-state index in [2.05, 4.69) is 9.74 Å². The van der Waals surface area contributed by atoms with Gasteiger partial charge in [-0.05, 0) is 0 Å². The first-order valence-corrected chi connectivity index (χ1v) is 8.25. The molecule has 88 valence electrons. The SMILES string of the molecule is CCCCCCCCOCC(=O)[O][Bi]=[O]. The maximum absolute atomic E-state index is 10.7. The number of hydrogen-bond donors (Lipinski definition) is 0. The maximum atomic E-state index is 10.7. The third-order valence-corrected chi connectivity index (χ3v) is 3.08. The first-order valence-electron chi connectivity index (χ1n) is 5.41. The van der Waals surface area contributed by atoms with Crippen LogP contribution in [0.5, 0.6) is 0 Å². The van der Waals surface area contributed by atoms with Crippen molar-refractivity contribution in [3.05, 3.63) is 0 Å². The van der Waals surface area contributed by atoms with Gasteiger partial charge in [0.05, 0.1) is 0 Å². The molecule has 5 heteroatoms. The number of carbonyl (C=O) groups excluding carboxylic acids is 1. The molecule has 0 spiro atoms. The van der Waals surface area contributed by atoms with Crippen molar-refractivity contribution in [1.82, 2.24) is 0 Å². The third-order valence-electron chi connectivity index (χ3n) is 2.00. The van der Waals surface area contributed by atoms with E-state index in [9.17, 15) is 7.61 Å². The van der Waals surface area contributed by atoms with Crippen molar-refractivity contribution in [2.75, 3.05) is 13.2 Å². The minimum absolute atomic E-state index is 0.0549. The van der Waals surface area contributed by atoms with Gasteiger partial charge >= 0.3 is 103 Å². The van der Waals surface area contributed by atoms with E-state index in [4.69, 9.17) is 4.74 Å². The molecule has 0 heterocycles. The summed E-state index contributed by atoms with van der Waals surface area (Å²) in [6.07, 6.45) is 7.19. The third kappa shape index (κ3) is 12.0. The van der Waals surface area contributed by atoms with Crippen LogP contribution < -0.4 is 0 Å². The van der Waals surface area contributed by atoms with Crippen LogP contribution >= 0.6 is 0 Å². The summed E-state index contributed by atoms with van der Waals surface area (Å²) in [4.78, 5) is 10.7. The Hall–Kier alpha value is 0.113. The van der Waals surface area contributed by atoms with Gasteiger partial charge in [-0.2, -0.15) is 0 Å². The molecule has 0 amide bonds. The van der Waals surface area contributed by atoms with Gasteiger partial charge in [0, 0.05) is 0 Å². The molecule has 0 radical (unpaired) electrons. The van der Waals surface area contributed by atoms with Crippen LogP contribution in [0.25, 0.3) is 0 Å². The summed E-state index contributed by atoms with van der Waals surface area (Å²) in [5, 5.41) is 0. The number of rotatable bonds is 10. The molecule has 0 rings (SSSR count). The van der Waals surface area contributed by atoms with E-state index in [1.165, 1.54) is 25.7 Å². The first kappa shape index (κ1) is 15.1. The van der Waals surface area contributed by atoms with Gasteiger partial charge in [0.15, 0.2) is 0 Å². The molecule has 4 nitrogen and oxygen atoms in total. The van der Waals surface area contributed by atoms with Crippen molar-refractivity contribution in [2.24, 2.45) is 0 Å². The van der Waals surface area contributed by atoms with Gasteiger partial charge in [0.2, 0.25) is 0 Å². The van der Waals surface area contributed by atoms with Crippen molar-refractivity contribution in [3.63, 3.8) is 0 Å². The number of hydrogen-bond acceptors (Lipinski definition) is 4. The predicted octanol–water partition coefficient (Wildman–Crippen LogP) is 1.87. The van der Waals surface area contributed by atoms with Gasteiger partial charge in [0.1, 0.15) is 0 Å². The summed E-state index contributed by atoms with van der Waals surface area (Å²) in [5.74, 6) is -0.493. The Bertz CT molecular complexity index is 173. The van der Waals surface area contributed by atoms with Crippen LogP contribution in [0.2, 0.25) is 0 Å². The average molecular weight is 412 g/mol. The molecule has 15 heavy (non-hydrogen) atoms. The molecule has 0 aliphatic rings. The number of ether oxygens (including phenoxy) is 1. The molecule has 0 aliphatic carbocycles. The van der Waals surface area contributed by atoms with E-state index in [0.29, 0.717) is 6.61 Å². The average Bonchev–Trinajstić information content (AvgIpc) is 2.22. The van der Waals surface area contributed by atoms with Gasteiger partial charge in [0.25, 0.3) is 0 Å². The van der Waals surface area contributed by atoms with E-state index in [1.54, 1.807) is 0 Å². The van der Waals surface area contributed by atoms with Gasteiger partial charge in [-0.3, -0.25) is 0 Å². The van der Waals surface area contributed by atoms with Crippen molar-refractivity contribution < 1.29 is 15.2 Å². The summed E-state index contributed by atoms with van der Waals surface area (Å²) < 4.78 is 19.5. The fourth-order valence-corrected chi connectivity index (χ4v) is 1.74. The molecule has 0 fully saturated rings. The van der Waals surface area contributed by atoms with Crippen LogP contribution in [-0.2, 0) is 15.2 Å². The van der Waals surface area contributed by atoms with E-state index in [1.807, 2.05) is 0 Å². The van der Waals surface area contributed by atoms with Crippen LogP contribution in [-0.4, -0.2) is 42.9 Å². The molecular formula is C10H19BiO4. The van der Waals surface area contributed by atoms with E-state index in [-0.39, 0.29) is 6.61 Å². The standard InChI is InChI=1S/C10H20O3.Bi.O/c1-2-3-4-5-6-7-8-13-9-10(11)12;;/h2-9H2,1H3,(H,11,12);;/q;+1;/p-1. The Kier molecular flexibility index (Phi) is 12.3. The topological polar surface area (TPSA) is 52.6 Å². The summed E-state index contributed by atoms with van der Waals surface area (Å²) in [6, 6.07) is 0. The number of carbonyl (C=O) groups is 1. The Morgan fingerprint density at radius 2 is 1.80 bits per heavy atom. The van der Waals surface area contributed by atoms with Crippen molar-refractivity contribution in [3.8, 4) is 0 Å². The Morgan fingerprint density at radius 1 is 1.13 bits per heavy atom. The van der Waals surface area contributed by atoms with Crippen molar-refractivity contribution >= 4 is 29.6 Å². The molecule has 0 N–H and O–H groups in total. The number of unbranched alkanes of at least 4 members (excludes halogenated alkanes) is 5. The van der Waals surface area contributed by atoms with E-state index < -0.39 is 29.6 Å². The summed E-state index contributed by atoms with van der Waals surface area (Å²) >= 11 is -2.18. The van der Waals surface area contributed by atoms with Gasteiger partial charge < -0.3 is 0 Å². The molecule has 0 aromatic heterocycles. The fraction of sp³-hybridized carbons (Fsp3) is 0.900. The van der Waals surface area contributed by atoms with Gasteiger partial charge in [-0.15, -0.1) is 0 Å². The predicted molar refractivity (Wildman–Crippen MR) is 56.7 cm³/mol. The van der Waals surface area contributed by atoms with E-state index >= 15 is 0 Å². The second kappa shape index (κ2) is 12.2. The second-order valence-electron chi connectivity index (χ2n) is 3.36. The quantitative estimate of drug-likeness (QED) is 0.406. The monoisotopic (exact) mass is 412 g/mol. The summed E-state index contributed by atoms with van der Waals surface area (Å²) in [6.45, 7) is 2.72. The van der Waals surface area contributed by atoms with Crippen LogP contribution in [0, 0.1) is 0 Å². The Balaban J connectivity index is 3.04. The fourth-order valence-electron chi connectivity index (χ4n) is 1.21. The zero-order valence-electron chi connectivity index (χ0n) is 9.24. The molecular weight excluding hydrogens is 393 g/mol. The van der Waals surface area contributed by atoms with Gasteiger partial charge in [-0.1, -0.05) is 0 Å². The Morgan fingerprint density at radius 3 is 2.47 bits per heavy atom.